The van der Waals surface area contributed by atoms with Crippen molar-refractivity contribution in [1.29, 1.82) is 0 Å². The zero-order chi connectivity index (χ0) is 18.8. The average molecular weight is 406 g/mol. The molecule has 1 N–H and O–H groups in total. The molecule has 2 rings (SSSR count). The van der Waals surface area contributed by atoms with Crippen LogP contribution in [0.4, 0.5) is 11.5 Å². The number of aromatic nitrogens is 2. The molecule has 0 aliphatic rings. The van der Waals surface area contributed by atoms with Gasteiger partial charge in [-0.1, -0.05) is 11.6 Å². The van der Waals surface area contributed by atoms with Crippen LogP contribution in [0.15, 0.2) is 17.0 Å². The number of sulfonamides is 1. The highest BCUT2D eigenvalue weighted by Gasteiger charge is 2.19. The standard InChI is InChI=1S/C13H16ClN5O4S2/c1-18(2)4-5-24-11-7-9-8(6-10(11)19(20)21)15-12(14)13(16-9)17-25(3,22)23/h6-7H,4-5H2,1-3H3,(H,16,17). The molecule has 0 amide bonds. The van der Waals surface area contributed by atoms with Gasteiger partial charge in [0.05, 0.1) is 27.1 Å². The van der Waals surface area contributed by atoms with Gasteiger partial charge < -0.3 is 4.90 Å². The van der Waals surface area contributed by atoms with Gasteiger partial charge in [0, 0.05) is 18.4 Å². The molecule has 0 saturated heterocycles. The van der Waals surface area contributed by atoms with Crippen molar-refractivity contribution in [3.8, 4) is 0 Å². The maximum atomic E-state index is 11.4. The highest BCUT2D eigenvalue weighted by molar-refractivity contribution is 7.99. The summed E-state index contributed by atoms with van der Waals surface area (Å²) in [4.78, 5) is 21.4. The number of nitrogens with zero attached hydrogens (tertiary/aromatic N) is 4. The molecule has 0 spiro atoms. The molecule has 9 nitrogen and oxygen atoms in total. The molecular weight excluding hydrogens is 390 g/mol. The Labute approximate surface area is 154 Å². The Morgan fingerprint density at radius 1 is 1.32 bits per heavy atom. The van der Waals surface area contributed by atoms with Crippen LogP contribution in [-0.2, 0) is 10.0 Å². The molecule has 0 saturated carbocycles. The van der Waals surface area contributed by atoms with Crippen LogP contribution < -0.4 is 4.72 Å². The third-order valence-corrected chi connectivity index (χ3v) is 4.83. The van der Waals surface area contributed by atoms with Crippen molar-refractivity contribution in [2.24, 2.45) is 0 Å². The van der Waals surface area contributed by atoms with Crippen molar-refractivity contribution >= 4 is 55.9 Å². The Morgan fingerprint density at radius 2 is 1.96 bits per heavy atom. The molecule has 25 heavy (non-hydrogen) atoms. The normalized spacial score (nSPS) is 11.9. The van der Waals surface area contributed by atoms with Gasteiger partial charge in [-0.2, -0.15) is 0 Å². The number of fused-ring (bicyclic) bond motifs is 1. The fourth-order valence-corrected chi connectivity index (χ4v) is 3.77. The molecule has 12 heteroatoms. The molecule has 1 aromatic heterocycles. The number of halogens is 1. The number of benzene rings is 1. The van der Waals surface area contributed by atoms with E-state index in [1.54, 1.807) is 0 Å². The van der Waals surface area contributed by atoms with Gasteiger partial charge in [-0.15, -0.1) is 11.8 Å². The number of hydrogen-bond donors (Lipinski definition) is 1. The number of hydrogen-bond acceptors (Lipinski definition) is 8. The number of anilines is 1. The van der Waals surface area contributed by atoms with E-state index in [1.165, 1.54) is 23.9 Å². The van der Waals surface area contributed by atoms with E-state index in [9.17, 15) is 18.5 Å². The Balaban J connectivity index is 2.50. The topological polar surface area (TPSA) is 118 Å². The van der Waals surface area contributed by atoms with Crippen molar-refractivity contribution in [2.75, 3.05) is 37.4 Å². The zero-order valence-electron chi connectivity index (χ0n) is 13.7. The minimum absolute atomic E-state index is 0.0922. The molecule has 0 radical (unpaired) electrons. The number of nitro groups is 1. The van der Waals surface area contributed by atoms with E-state index in [2.05, 4.69) is 14.7 Å². The third-order valence-electron chi connectivity index (χ3n) is 2.98. The Bertz CT molecular complexity index is 920. The molecule has 1 aromatic carbocycles. The van der Waals surface area contributed by atoms with Crippen LogP contribution in [0.3, 0.4) is 0 Å². The minimum Gasteiger partial charge on any atom is -0.309 e. The van der Waals surface area contributed by atoms with Gasteiger partial charge in [-0.05, 0) is 20.2 Å². The summed E-state index contributed by atoms with van der Waals surface area (Å²) in [5.41, 5.74) is 0.437. The largest absolute Gasteiger partial charge is 0.309 e. The smallest absolute Gasteiger partial charge is 0.285 e. The van der Waals surface area contributed by atoms with Crippen LogP contribution in [0.1, 0.15) is 0 Å². The molecule has 136 valence electrons. The molecule has 2 aromatic rings. The monoisotopic (exact) mass is 405 g/mol. The van der Waals surface area contributed by atoms with E-state index in [0.29, 0.717) is 16.2 Å². The number of rotatable bonds is 7. The second kappa shape index (κ2) is 7.68. The van der Waals surface area contributed by atoms with E-state index >= 15 is 0 Å². The summed E-state index contributed by atoms with van der Waals surface area (Å²) in [6.45, 7) is 0.743. The van der Waals surface area contributed by atoms with Crippen molar-refractivity contribution in [3.63, 3.8) is 0 Å². The summed E-state index contributed by atoms with van der Waals surface area (Å²) >= 11 is 7.24. The minimum atomic E-state index is -3.58. The van der Waals surface area contributed by atoms with E-state index in [0.717, 1.165) is 12.8 Å². The summed E-state index contributed by atoms with van der Waals surface area (Å²) in [6, 6.07) is 2.81. The van der Waals surface area contributed by atoms with E-state index < -0.39 is 14.9 Å². The fourth-order valence-electron chi connectivity index (χ4n) is 1.89. The summed E-state index contributed by atoms with van der Waals surface area (Å²) < 4.78 is 24.9. The highest BCUT2D eigenvalue weighted by atomic mass is 35.5. The number of nitro benzene ring substituents is 1. The van der Waals surface area contributed by atoms with Crippen LogP contribution >= 0.6 is 23.4 Å². The summed E-state index contributed by atoms with van der Waals surface area (Å²) in [6.07, 6.45) is 0.966. The van der Waals surface area contributed by atoms with Crippen LogP contribution in [-0.4, -0.2) is 60.9 Å². The van der Waals surface area contributed by atoms with Gasteiger partial charge in [0.2, 0.25) is 10.0 Å². The first kappa shape index (κ1) is 19.6. The first-order valence-electron chi connectivity index (χ1n) is 6.98. The van der Waals surface area contributed by atoms with Gasteiger partial charge in [0.25, 0.3) is 5.69 Å². The first-order valence-corrected chi connectivity index (χ1v) is 10.2. The molecule has 0 unspecified atom stereocenters. The Hall–Kier alpha value is -1.69. The predicted octanol–water partition coefficient (Wildman–Crippen LogP) is 2.22. The van der Waals surface area contributed by atoms with Crippen molar-refractivity contribution in [2.45, 2.75) is 4.90 Å². The van der Waals surface area contributed by atoms with Crippen molar-refractivity contribution in [1.82, 2.24) is 14.9 Å². The highest BCUT2D eigenvalue weighted by Crippen LogP contribution is 2.33. The zero-order valence-corrected chi connectivity index (χ0v) is 16.1. The molecule has 0 fully saturated rings. The van der Waals surface area contributed by atoms with Crippen LogP contribution in [0.5, 0.6) is 0 Å². The first-order chi connectivity index (χ1) is 11.6. The van der Waals surface area contributed by atoms with Gasteiger partial charge in [-0.3, -0.25) is 14.8 Å². The lowest BCUT2D eigenvalue weighted by atomic mass is 10.2. The van der Waals surface area contributed by atoms with Gasteiger partial charge in [0.15, 0.2) is 11.0 Å². The van der Waals surface area contributed by atoms with E-state index in [4.69, 9.17) is 11.6 Å². The fraction of sp³-hybridized carbons (Fsp3) is 0.385. The van der Waals surface area contributed by atoms with Crippen LogP contribution in [0, 0.1) is 10.1 Å². The molecule has 0 bridgehead atoms. The maximum absolute atomic E-state index is 11.4. The quantitative estimate of drug-likeness (QED) is 0.423. The molecule has 0 aliphatic carbocycles. The van der Waals surface area contributed by atoms with Gasteiger partial charge in [0.1, 0.15) is 0 Å². The van der Waals surface area contributed by atoms with Gasteiger partial charge in [-0.25, -0.2) is 18.4 Å². The second-order valence-electron chi connectivity index (χ2n) is 5.45. The van der Waals surface area contributed by atoms with E-state index in [1.807, 2.05) is 19.0 Å². The Morgan fingerprint density at radius 3 is 2.52 bits per heavy atom. The lowest BCUT2D eigenvalue weighted by Gasteiger charge is -2.10. The number of thioether (sulfide) groups is 1. The molecule has 0 atom stereocenters. The lowest BCUT2D eigenvalue weighted by Crippen LogP contribution is -2.14. The predicted molar refractivity (Wildman–Crippen MR) is 98.9 cm³/mol. The van der Waals surface area contributed by atoms with Crippen molar-refractivity contribution < 1.29 is 13.3 Å². The summed E-state index contributed by atoms with van der Waals surface area (Å²) in [7, 11) is 0.238. The van der Waals surface area contributed by atoms with Crippen molar-refractivity contribution in [3.05, 3.63) is 27.4 Å². The average Bonchev–Trinajstić information content (AvgIpc) is 2.45. The third kappa shape index (κ3) is 5.39. The summed E-state index contributed by atoms with van der Waals surface area (Å²) in [5.74, 6) is 0.532. The number of nitrogens with one attached hydrogen (secondary N) is 1. The second-order valence-corrected chi connectivity index (χ2v) is 8.70. The SMILES string of the molecule is CN(C)CCSc1cc2nc(NS(C)(=O)=O)c(Cl)nc2cc1[N+](=O)[O-]. The van der Waals surface area contributed by atoms with E-state index in [-0.39, 0.29) is 22.2 Å². The van der Waals surface area contributed by atoms with Crippen LogP contribution in [0.25, 0.3) is 11.0 Å². The lowest BCUT2D eigenvalue weighted by molar-refractivity contribution is -0.387. The molecule has 1 heterocycles. The molecular formula is C13H16ClN5O4S2. The van der Waals surface area contributed by atoms with Gasteiger partial charge >= 0.3 is 0 Å². The van der Waals surface area contributed by atoms with Crippen LogP contribution in [0.2, 0.25) is 5.15 Å². The molecule has 0 aliphatic heterocycles. The Kier molecular flexibility index (Phi) is 6.03. The maximum Gasteiger partial charge on any atom is 0.285 e. The summed E-state index contributed by atoms with van der Waals surface area (Å²) in [5, 5.41) is 11.1.